The van der Waals surface area contributed by atoms with E-state index < -0.39 is 17.7 Å². The number of ether oxygens (including phenoxy) is 1. The molecule has 1 atom stereocenters. The van der Waals surface area contributed by atoms with Crippen LogP contribution < -0.4 is 4.74 Å². The van der Waals surface area contributed by atoms with E-state index in [1.807, 2.05) is 43.3 Å². The lowest BCUT2D eigenvalue weighted by Crippen LogP contribution is -2.35. The fraction of sp³-hybridized carbons (Fsp3) is 0.333. The molecule has 31 heavy (non-hydrogen) atoms. The van der Waals surface area contributed by atoms with Crippen molar-refractivity contribution < 1.29 is 19.4 Å². The Hall–Kier alpha value is -2.83. The smallest absolute Gasteiger partial charge is 0.295 e. The molecule has 1 amide bonds. The van der Waals surface area contributed by atoms with Gasteiger partial charge in [0.05, 0.1) is 24.3 Å². The highest BCUT2D eigenvalue weighted by Crippen LogP contribution is 2.41. The Morgan fingerprint density at radius 2 is 1.84 bits per heavy atom. The molecule has 2 aromatic carbocycles. The minimum Gasteiger partial charge on any atom is -0.507 e. The fourth-order valence-electron chi connectivity index (χ4n) is 3.71. The minimum atomic E-state index is -0.720. The number of methoxy groups -OCH3 is 1. The maximum Gasteiger partial charge on any atom is 0.295 e. The summed E-state index contributed by atoms with van der Waals surface area (Å²) in [6.07, 6.45) is 0.876. The lowest BCUT2D eigenvalue weighted by molar-refractivity contribution is -0.140. The quantitative estimate of drug-likeness (QED) is 0.400. The molecule has 164 valence electrons. The Kier molecular flexibility index (Phi) is 7.03. The van der Waals surface area contributed by atoms with Crippen LogP contribution in [0.4, 0.5) is 0 Å². The molecule has 1 heterocycles. The first kappa shape index (κ1) is 22.8. The lowest BCUT2D eigenvalue weighted by Gasteiger charge is -2.26. The summed E-state index contributed by atoms with van der Waals surface area (Å²) in [6.45, 7) is 2.99. The number of carbonyl (C=O) groups excluding carboxylic acids is 2. The summed E-state index contributed by atoms with van der Waals surface area (Å²) in [7, 11) is 5.27. The largest absolute Gasteiger partial charge is 0.507 e. The van der Waals surface area contributed by atoms with Gasteiger partial charge in [-0.15, -0.1) is 0 Å². The standard InChI is InChI=1S/C24H27ClN2O4/c1-5-15-6-8-16(9-7-15)21-20(23(29)24(30)27(21)13-12-26(2)3)22(28)18-14-17(25)10-11-19(18)31-4/h6-11,14,21,28H,5,12-13H2,1-4H3/b22-20+. The van der Waals surface area contributed by atoms with E-state index >= 15 is 0 Å². The second-order valence-electron chi connectivity index (χ2n) is 7.74. The molecule has 7 heteroatoms. The van der Waals surface area contributed by atoms with Gasteiger partial charge in [0, 0.05) is 18.1 Å². The fourth-order valence-corrected chi connectivity index (χ4v) is 3.88. The van der Waals surface area contributed by atoms with E-state index in [-0.39, 0.29) is 16.9 Å². The number of hydrogen-bond donors (Lipinski definition) is 1. The third kappa shape index (κ3) is 4.60. The summed E-state index contributed by atoms with van der Waals surface area (Å²) < 4.78 is 5.35. The minimum absolute atomic E-state index is 0.0357. The summed E-state index contributed by atoms with van der Waals surface area (Å²) in [5, 5.41) is 11.6. The molecular weight excluding hydrogens is 416 g/mol. The number of rotatable bonds is 7. The number of hydrogen-bond acceptors (Lipinski definition) is 5. The number of Topliss-reactive ketones (excluding diaryl/α,β-unsaturated/α-hetero) is 1. The molecule has 0 radical (unpaired) electrons. The summed E-state index contributed by atoms with van der Waals surface area (Å²) in [4.78, 5) is 29.5. The number of carbonyl (C=O) groups is 2. The Bertz CT molecular complexity index is 1010. The van der Waals surface area contributed by atoms with Crippen LogP contribution in [0.15, 0.2) is 48.0 Å². The van der Waals surface area contributed by atoms with Gasteiger partial charge in [-0.25, -0.2) is 0 Å². The van der Waals surface area contributed by atoms with Crippen molar-refractivity contribution in [1.82, 2.24) is 9.80 Å². The predicted octanol–water partition coefficient (Wildman–Crippen LogP) is 3.89. The van der Waals surface area contributed by atoms with E-state index in [4.69, 9.17) is 16.3 Å². The van der Waals surface area contributed by atoms with Gasteiger partial charge in [0.15, 0.2) is 0 Å². The van der Waals surface area contributed by atoms with Crippen molar-refractivity contribution in [1.29, 1.82) is 0 Å². The maximum absolute atomic E-state index is 13.1. The summed E-state index contributed by atoms with van der Waals surface area (Å²) in [5.41, 5.74) is 2.22. The van der Waals surface area contributed by atoms with Crippen LogP contribution in [0.3, 0.4) is 0 Å². The summed E-state index contributed by atoms with van der Waals surface area (Å²) in [6, 6.07) is 11.8. The van der Waals surface area contributed by atoms with Gasteiger partial charge in [0.1, 0.15) is 11.5 Å². The van der Waals surface area contributed by atoms with Crippen molar-refractivity contribution in [3.63, 3.8) is 0 Å². The maximum atomic E-state index is 13.1. The molecule has 1 fully saturated rings. The van der Waals surface area contributed by atoms with Gasteiger partial charge in [0.2, 0.25) is 0 Å². The number of halogens is 1. The van der Waals surface area contributed by atoms with Gasteiger partial charge in [0.25, 0.3) is 11.7 Å². The molecule has 1 N–H and O–H groups in total. The summed E-state index contributed by atoms with van der Waals surface area (Å²) >= 11 is 6.13. The molecule has 1 aliphatic rings. The Balaban J connectivity index is 2.19. The van der Waals surface area contributed by atoms with Gasteiger partial charge in [-0.2, -0.15) is 0 Å². The first-order chi connectivity index (χ1) is 14.8. The molecule has 0 saturated carbocycles. The van der Waals surface area contributed by atoms with E-state index in [2.05, 4.69) is 6.92 Å². The average Bonchev–Trinajstić information content (AvgIpc) is 3.01. The van der Waals surface area contributed by atoms with Crippen LogP contribution in [0.2, 0.25) is 5.02 Å². The zero-order valence-corrected chi connectivity index (χ0v) is 18.9. The third-order valence-corrected chi connectivity index (χ3v) is 5.68. The molecular formula is C24H27ClN2O4. The SMILES string of the molecule is CCc1ccc(C2/C(=C(\O)c3cc(Cl)ccc3OC)C(=O)C(=O)N2CCN(C)C)cc1. The number of likely N-dealkylation sites (N-methyl/N-ethyl adjacent to an activating group) is 1. The number of aliphatic hydroxyl groups excluding tert-OH is 1. The second-order valence-corrected chi connectivity index (χ2v) is 8.17. The van der Waals surface area contributed by atoms with E-state index in [9.17, 15) is 14.7 Å². The summed E-state index contributed by atoms with van der Waals surface area (Å²) in [5.74, 6) is -1.28. The number of likely N-dealkylation sites (tertiary alicyclic amines) is 1. The van der Waals surface area contributed by atoms with Crippen LogP contribution in [0.5, 0.6) is 5.75 Å². The van der Waals surface area contributed by atoms with Crippen LogP contribution >= 0.6 is 11.6 Å². The van der Waals surface area contributed by atoms with Crippen molar-refractivity contribution in [2.75, 3.05) is 34.3 Å². The van der Waals surface area contributed by atoms with Crippen LogP contribution in [-0.4, -0.2) is 60.9 Å². The number of aliphatic hydroxyl groups is 1. The Labute approximate surface area is 187 Å². The topological polar surface area (TPSA) is 70.1 Å². The average molecular weight is 443 g/mol. The van der Waals surface area contributed by atoms with E-state index in [0.717, 1.165) is 17.5 Å². The van der Waals surface area contributed by atoms with Crippen LogP contribution in [-0.2, 0) is 16.0 Å². The van der Waals surface area contributed by atoms with E-state index in [1.165, 1.54) is 18.1 Å². The molecule has 0 spiro atoms. The van der Waals surface area contributed by atoms with Crippen molar-refractivity contribution >= 4 is 29.1 Å². The van der Waals surface area contributed by atoms with Gasteiger partial charge in [-0.3, -0.25) is 9.59 Å². The first-order valence-electron chi connectivity index (χ1n) is 10.1. The number of benzene rings is 2. The molecule has 6 nitrogen and oxygen atoms in total. The Morgan fingerprint density at radius 3 is 2.42 bits per heavy atom. The molecule has 3 rings (SSSR count). The molecule has 1 unspecified atom stereocenters. The highest BCUT2D eigenvalue weighted by Gasteiger charge is 2.46. The third-order valence-electron chi connectivity index (χ3n) is 5.45. The first-order valence-corrected chi connectivity index (χ1v) is 10.5. The molecule has 0 bridgehead atoms. The molecule has 2 aromatic rings. The number of amides is 1. The zero-order valence-electron chi connectivity index (χ0n) is 18.2. The second kappa shape index (κ2) is 9.54. The molecule has 1 aliphatic heterocycles. The van der Waals surface area contributed by atoms with Gasteiger partial charge in [-0.05, 0) is 49.8 Å². The van der Waals surface area contributed by atoms with Gasteiger partial charge in [-0.1, -0.05) is 42.8 Å². The molecule has 0 aromatic heterocycles. The molecule has 0 aliphatic carbocycles. The molecule has 1 saturated heterocycles. The lowest BCUT2D eigenvalue weighted by atomic mass is 9.94. The Morgan fingerprint density at radius 1 is 1.16 bits per heavy atom. The highest BCUT2D eigenvalue weighted by molar-refractivity contribution is 6.46. The van der Waals surface area contributed by atoms with E-state index in [1.54, 1.807) is 12.1 Å². The monoisotopic (exact) mass is 442 g/mol. The normalized spacial score (nSPS) is 18.1. The van der Waals surface area contributed by atoms with Crippen LogP contribution in [0.25, 0.3) is 5.76 Å². The number of nitrogens with zero attached hydrogens (tertiary/aromatic N) is 2. The van der Waals surface area contributed by atoms with Crippen LogP contribution in [0.1, 0.15) is 29.7 Å². The highest BCUT2D eigenvalue weighted by atomic mass is 35.5. The van der Waals surface area contributed by atoms with Gasteiger partial charge >= 0.3 is 0 Å². The van der Waals surface area contributed by atoms with Crippen molar-refractivity contribution in [2.24, 2.45) is 0 Å². The van der Waals surface area contributed by atoms with E-state index in [0.29, 0.717) is 23.9 Å². The number of aryl methyl sites for hydroxylation is 1. The van der Waals surface area contributed by atoms with Crippen molar-refractivity contribution in [3.05, 3.63) is 69.8 Å². The van der Waals surface area contributed by atoms with Crippen LogP contribution in [0, 0.1) is 0 Å². The number of ketones is 1. The van der Waals surface area contributed by atoms with Crippen molar-refractivity contribution in [2.45, 2.75) is 19.4 Å². The van der Waals surface area contributed by atoms with Gasteiger partial charge < -0.3 is 19.6 Å². The van der Waals surface area contributed by atoms with Crippen molar-refractivity contribution in [3.8, 4) is 5.75 Å². The predicted molar refractivity (Wildman–Crippen MR) is 121 cm³/mol. The zero-order chi connectivity index (χ0) is 22.7.